The van der Waals surface area contributed by atoms with Crippen LogP contribution in [0.1, 0.15) is 23.8 Å². The predicted molar refractivity (Wildman–Crippen MR) is 79.2 cm³/mol. The van der Waals surface area contributed by atoms with Crippen molar-refractivity contribution in [3.05, 3.63) is 29.6 Å². The summed E-state index contributed by atoms with van der Waals surface area (Å²) in [6.45, 7) is 1.94. The fraction of sp³-hybridized carbons (Fsp3) is 0.429. The van der Waals surface area contributed by atoms with Gasteiger partial charge in [0, 0.05) is 14.2 Å². The number of hydrogen-bond acceptors (Lipinski definition) is 6. The molecule has 0 aliphatic heterocycles. The lowest BCUT2D eigenvalue weighted by molar-refractivity contribution is -0.121. The van der Waals surface area contributed by atoms with Crippen LogP contribution in [-0.2, 0) is 9.47 Å². The van der Waals surface area contributed by atoms with Gasteiger partial charge in [0.2, 0.25) is 0 Å². The zero-order valence-electron chi connectivity index (χ0n) is 12.2. The molecule has 0 aliphatic carbocycles. The van der Waals surface area contributed by atoms with E-state index in [0.29, 0.717) is 12.2 Å². The second-order valence-electron chi connectivity index (χ2n) is 4.34. The summed E-state index contributed by atoms with van der Waals surface area (Å²) in [5.74, 6) is 0.168. The molecule has 0 aliphatic rings. The molecule has 2 heterocycles. The Balaban J connectivity index is 2.16. The molecule has 0 bridgehead atoms. The van der Waals surface area contributed by atoms with E-state index in [-0.39, 0.29) is 17.6 Å². The maximum Gasteiger partial charge on any atom is 0.274 e. The molecule has 114 valence electrons. The van der Waals surface area contributed by atoms with Crippen LogP contribution in [0.5, 0.6) is 0 Å². The van der Waals surface area contributed by atoms with Crippen molar-refractivity contribution in [3.8, 4) is 10.6 Å². The maximum atomic E-state index is 12.4. The van der Waals surface area contributed by atoms with Crippen LogP contribution in [0.15, 0.2) is 28.3 Å². The summed E-state index contributed by atoms with van der Waals surface area (Å²) < 4.78 is 15.7. The Morgan fingerprint density at radius 3 is 2.81 bits per heavy atom. The highest BCUT2D eigenvalue weighted by atomic mass is 32.1. The summed E-state index contributed by atoms with van der Waals surface area (Å²) in [7, 11) is 3.08. The van der Waals surface area contributed by atoms with E-state index >= 15 is 0 Å². The molecule has 21 heavy (non-hydrogen) atoms. The zero-order chi connectivity index (χ0) is 15.2. The first-order valence-electron chi connectivity index (χ1n) is 6.55. The maximum absolute atomic E-state index is 12.4. The molecule has 1 N–H and O–H groups in total. The molecule has 1 amide bonds. The molecule has 0 saturated carbocycles. The van der Waals surface area contributed by atoms with Gasteiger partial charge >= 0.3 is 0 Å². The van der Waals surface area contributed by atoms with Gasteiger partial charge in [0.1, 0.15) is 0 Å². The van der Waals surface area contributed by atoms with Gasteiger partial charge in [-0.25, -0.2) is 4.98 Å². The molecule has 0 radical (unpaired) electrons. The number of methoxy groups -OCH3 is 2. The van der Waals surface area contributed by atoms with Crippen molar-refractivity contribution in [3.63, 3.8) is 0 Å². The van der Waals surface area contributed by atoms with E-state index in [1.165, 1.54) is 32.0 Å². The standard InChI is InChI=1S/C14H18N2O4S/c1-4-9(14(18-2)19-3)16-13(17)11-12(20-8-15-11)10-6-5-7-21-10/h5-9,14H,4H2,1-3H3,(H,16,17)/t9-/m0/s1. The Bertz CT molecular complexity index is 563. The Hall–Kier alpha value is -1.70. The van der Waals surface area contributed by atoms with Gasteiger partial charge in [0.25, 0.3) is 5.91 Å². The lowest BCUT2D eigenvalue weighted by Gasteiger charge is -2.24. The molecule has 0 spiro atoms. The highest BCUT2D eigenvalue weighted by Crippen LogP contribution is 2.27. The molecule has 0 saturated heterocycles. The smallest absolute Gasteiger partial charge is 0.274 e. The van der Waals surface area contributed by atoms with E-state index in [0.717, 1.165) is 4.88 Å². The van der Waals surface area contributed by atoms with E-state index in [1.807, 2.05) is 24.4 Å². The third-order valence-corrected chi connectivity index (χ3v) is 3.95. The number of hydrogen-bond donors (Lipinski definition) is 1. The van der Waals surface area contributed by atoms with Crippen LogP contribution in [0.25, 0.3) is 10.6 Å². The van der Waals surface area contributed by atoms with Gasteiger partial charge in [-0.2, -0.15) is 0 Å². The van der Waals surface area contributed by atoms with Crippen molar-refractivity contribution in [2.24, 2.45) is 0 Å². The van der Waals surface area contributed by atoms with Gasteiger partial charge in [-0.15, -0.1) is 11.3 Å². The van der Waals surface area contributed by atoms with Crippen molar-refractivity contribution in [1.29, 1.82) is 0 Å². The van der Waals surface area contributed by atoms with Gasteiger partial charge in [-0.1, -0.05) is 13.0 Å². The molecular formula is C14H18N2O4S. The molecule has 0 fully saturated rings. The predicted octanol–water partition coefficient (Wildman–Crippen LogP) is 2.53. The monoisotopic (exact) mass is 310 g/mol. The largest absolute Gasteiger partial charge is 0.442 e. The van der Waals surface area contributed by atoms with Crippen LogP contribution >= 0.6 is 11.3 Å². The fourth-order valence-electron chi connectivity index (χ4n) is 2.01. The summed E-state index contributed by atoms with van der Waals surface area (Å²) in [4.78, 5) is 17.3. The molecule has 2 aromatic heterocycles. The molecular weight excluding hydrogens is 292 g/mol. The number of nitrogens with zero attached hydrogens (tertiary/aromatic N) is 1. The zero-order valence-corrected chi connectivity index (χ0v) is 13.0. The van der Waals surface area contributed by atoms with Gasteiger partial charge < -0.3 is 19.2 Å². The van der Waals surface area contributed by atoms with E-state index in [4.69, 9.17) is 13.9 Å². The molecule has 6 nitrogen and oxygen atoms in total. The first kappa shape index (κ1) is 15.7. The summed E-state index contributed by atoms with van der Waals surface area (Å²) in [6.07, 6.45) is 1.44. The van der Waals surface area contributed by atoms with Crippen molar-refractivity contribution < 1.29 is 18.7 Å². The number of thiophene rings is 1. The van der Waals surface area contributed by atoms with Crippen molar-refractivity contribution in [1.82, 2.24) is 10.3 Å². The number of rotatable bonds is 7. The van der Waals surface area contributed by atoms with Crippen LogP contribution in [0.2, 0.25) is 0 Å². The lowest BCUT2D eigenvalue weighted by atomic mass is 10.2. The van der Waals surface area contributed by atoms with E-state index in [9.17, 15) is 4.79 Å². The van der Waals surface area contributed by atoms with Gasteiger partial charge in [-0.05, 0) is 17.9 Å². The minimum Gasteiger partial charge on any atom is -0.442 e. The Morgan fingerprint density at radius 2 is 2.24 bits per heavy atom. The van der Waals surface area contributed by atoms with Crippen LogP contribution < -0.4 is 5.32 Å². The number of nitrogens with one attached hydrogen (secondary N) is 1. The Labute approximate surface area is 127 Å². The van der Waals surface area contributed by atoms with Crippen LogP contribution in [0.4, 0.5) is 0 Å². The molecule has 1 atom stereocenters. The topological polar surface area (TPSA) is 73.6 Å². The van der Waals surface area contributed by atoms with E-state index < -0.39 is 6.29 Å². The van der Waals surface area contributed by atoms with Gasteiger partial charge in [0.15, 0.2) is 24.1 Å². The van der Waals surface area contributed by atoms with Crippen LogP contribution in [-0.4, -0.2) is 37.4 Å². The number of aromatic nitrogens is 1. The third-order valence-electron chi connectivity index (χ3n) is 3.08. The molecule has 7 heteroatoms. The molecule has 0 unspecified atom stereocenters. The van der Waals surface area contributed by atoms with Crippen molar-refractivity contribution >= 4 is 17.2 Å². The SMILES string of the molecule is CC[C@H](NC(=O)c1ncoc1-c1cccs1)C(OC)OC. The molecule has 2 rings (SSSR count). The minimum absolute atomic E-state index is 0.264. The average Bonchev–Trinajstić information content (AvgIpc) is 3.17. The number of oxazole rings is 1. The number of carbonyl (C=O) groups excluding carboxylic acids is 1. The summed E-state index contributed by atoms with van der Waals surface area (Å²) >= 11 is 1.49. The Kier molecular flexibility index (Phi) is 5.49. The number of carbonyl (C=O) groups is 1. The van der Waals surface area contributed by atoms with Crippen LogP contribution in [0, 0.1) is 0 Å². The second kappa shape index (κ2) is 7.35. The van der Waals surface area contributed by atoms with Crippen molar-refractivity contribution in [2.75, 3.05) is 14.2 Å². The van der Waals surface area contributed by atoms with E-state index in [1.54, 1.807) is 0 Å². The normalized spacial score (nSPS) is 12.6. The third kappa shape index (κ3) is 3.49. The second-order valence-corrected chi connectivity index (χ2v) is 5.28. The first-order chi connectivity index (χ1) is 10.2. The lowest BCUT2D eigenvalue weighted by Crippen LogP contribution is -2.44. The number of ether oxygens (including phenoxy) is 2. The summed E-state index contributed by atoms with van der Waals surface area (Å²) in [6, 6.07) is 3.51. The highest BCUT2D eigenvalue weighted by molar-refractivity contribution is 7.13. The van der Waals surface area contributed by atoms with Crippen molar-refractivity contribution in [2.45, 2.75) is 25.7 Å². The summed E-state index contributed by atoms with van der Waals surface area (Å²) in [5, 5.41) is 4.78. The molecule has 0 aromatic carbocycles. The van der Waals surface area contributed by atoms with E-state index in [2.05, 4.69) is 10.3 Å². The minimum atomic E-state index is -0.504. The summed E-state index contributed by atoms with van der Waals surface area (Å²) in [5.41, 5.74) is 0.266. The fourth-order valence-corrected chi connectivity index (χ4v) is 2.73. The van der Waals surface area contributed by atoms with Gasteiger partial charge in [0.05, 0.1) is 10.9 Å². The van der Waals surface area contributed by atoms with Gasteiger partial charge in [-0.3, -0.25) is 4.79 Å². The van der Waals surface area contributed by atoms with Crippen LogP contribution in [0.3, 0.4) is 0 Å². The Morgan fingerprint density at radius 1 is 1.48 bits per heavy atom. The average molecular weight is 310 g/mol. The highest BCUT2D eigenvalue weighted by Gasteiger charge is 2.25. The molecule has 2 aromatic rings. The number of amides is 1. The quantitative estimate of drug-likeness (QED) is 0.796. The first-order valence-corrected chi connectivity index (χ1v) is 7.43.